The van der Waals surface area contributed by atoms with Crippen LogP contribution in [0.25, 0.3) is 21.9 Å². The van der Waals surface area contributed by atoms with Gasteiger partial charge in [-0.05, 0) is 74.9 Å². The lowest BCUT2D eigenvalue weighted by atomic mass is 10.1. The molecule has 0 atom stereocenters. The number of furan rings is 1. The predicted octanol–water partition coefficient (Wildman–Crippen LogP) is 8.01. The van der Waals surface area contributed by atoms with Crippen LogP contribution in [0.4, 0.5) is 0 Å². The van der Waals surface area contributed by atoms with Crippen LogP contribution in [-0.2, 0) is 0 Å². The first-order valence-electron chi connectivity index (χ1n) is 10.9. The zero-order valence-corrected chi connectivity index (χ0v) is 18.7. The molecule has 0 bridgehead atoms. The van der Waals surface area contributed by atoms with Crippen LogP contribution < -0.4 is 9.47 Å². The molecule has 0 unspecified atom stereocenters. The van der Waals surface area contributed by atoms with Gasteiger partial charge in [0.15, 0.2) is 0 Å². The second-order valence-corrected chi connectivity index (χ2v) is 7.64. The maximum atomic E-state index is 6.12. The quantitative estimate of drug-likeness (QED) is 0.221. The van der Waals surface area contributed by atoms with Crippen molar-refractivity contribution < 1.29 is 13.9 Å². The van der Waals surface area contributed by atoms with Gasteiger partial charge in [-0.25, -0.2) is 0 Å². The third kappa shape index (κ3) is 5.91. The van der Waals surface area contributed by atoms with E-state index in [9.17, 15) is 0 Å². The maximum Gasteiger partial charge on any atom is 0.135 e. The first-order chi connectivity index (χ1) is 15.1. The van der Waals surface area contributed by atoms with Crippen molar-refractivity contribution >= 4 is 21.9 Å². The molecule has 0 amide bonds. The van der Waals surface area contributed by atoms with Gasteiger partial charge in [0.2, 0.25) is 0 Å². The minimum Gasteiger partial charge on any atom is -0.493 e. The molecule has 2 aromatic carbocycles. The minimum atomic E-state index is 0.678. The van der Waals surface area contributed by atoms with Crippen molar-refractivity contribution in [3.05, 3.63) is 85.0 Å². The number of allylic oxidation sites excluding steroid dienone is 6. The van der Waals surface area contributed by atoms with Crippen LogP contribution in [0.2, 0.25) is 0 Å². The molecule has 3 rings (SSSR count). The smallest absolute Gasteiger partial charge is 0.135 e. The van der Waals surface area contributed by atoms with Gasteiger partial charge in [-0.15, -0.1) is 0 Å². The van der Waals surface area contributed by atoms with Crippen molar-refractivity contribution in [3.63, 3.8) is 0 Å². The molecule has 162 valence electrons. The fourth-order valence-electron chi connectivity index (χ4n) is 3.49. The number of benzene rings is 2. The Labute approximate surface area is 185 Å². The standard InChI is InChI=1S/C28H32O3/c1-5-7-9-11-13-15-29-25-19-23-24-20-26(30-16-14-12-10-8-6-2)22(4)18-28(24)31-27(23)17-21(25)3/h5-10,17-20H,1-2,11-16H2,3-4H3/b9-7+,10-8+. The van der Waals surface area contributed by atoms with Crippen molar-refractivity contribution in [3.8, 4) is 11.5 Å². The van der Waals surface area contributed by atoms with Gasteiger partial charge in [0.05, 0.1) is 13.2 Å². The van der Waals surface area contributed by atoms with Crippen LogP contribution in [-0.4, -0.2) is 13.2 Å². The van der Waals surface area contributed by atoms with Crippen LogP contribution >= 0.6 is 0 Å². The van der Waals surface area contributed by atoms with E-state index in [0.29, 0.717) is 13.2 Å². The number of ether oxygens (including phenoxy) is 2. The second kappa shape index (κ2) is 11.3. The molecule has 3 nitrogen and oxygen atoms in total. The molecule has 31 heavy (non-hydrogen) atoms. The molecule has 1 aromatic heterocycles. The first-order valence-corrected chi connectivity index (χ1v) is 10.9. The first kappa shape index (κ1) is 22.5. The van der Waals surface area contributed by atoms with Crippen LogP contribution in [0.3, 0.4) is 0 Å². The zero-order chi connectivity index (χ0) is 22.1. The van der Waals surface area contributed by atoms with Crippen molar-refractivity contribution in [1.29, 1.82) is 0 Å². The van der Waals surface area contributed by atoms with E-state index in [-0.39, 0.29) is 0 Å². The Hall–Kier alpha value is -3.20. The Morgan fingerprint density at radius 2 is 1.19 bits per heavy atom. The van der Waals surface area contributed by atoms with E-state index in [1.165, 1.54) is 0 Å². The molecule has 0 N–H and O–H groups in total. The van der Waals surface area contributed by atoms with Gasteiger partial charge in [-0.1, -0.05) is 49.6 Å². The number of fused-ring (bicyclic) bond motifs is 3. The van der Waals surface area contributed by atoms with Crippen molar-refractivity contribution in [1.82, 2.24) is 0 Å². The van der Waals surface area contributed by atoms with E-state index < -0.39 is 0 Å². The van der Waals surface area contributed by atoms with E-state index in [0.717, 1.165) is 70.2 Å². The Bertz CT molecular complexity index is 1010. The number of rotatable bonds is 12. The molecule has 0 fully saturated rings. The molecule has 3 aromatic rings. The SMILES string of the molecule is C=C/C=C/CCCOc1cc2c(cc1C)oc1cc(C)c(OCCC/C=C/C=C)cc12. The summed E-state index contributed by atoms with van der Waals surface area (Å²) in [6.07, 6.45) is 15.6. The lowest BCUT2D eigenvalue weighted by Crippen LogP contribution is -1.98. The molecule has 0 radical (unpaired) electrons. The van der Waals surface area contributed by atoms with Crippen LogP contribution in [0.1, 0.15) is 36.8 Å². The highest BCUT2D eigenvalue weighted by Gasteiger charge is 2.13. The molecule has 3 heteroatoms. The van der Waals surface area contributed by atoms with E-state index in [1.807, 2.05) is 12.2 Å². The summed E-state index contributed by atoms with van der Waals surface area (Å²) in [7, 11) is 0. The molecule has 0 aliphatic heterocycles. The van der Waals surface area contributed by atoms with Crippen molar-refractivity contribution in [2.75, 3.05) is 13.2 Å². The van der Waals surface area contributed by atoms with E-state index in [1.54, 1.807) is 12.2 Å². The van der Waals surface area contributed by atoms with E-state index in [2.05, 4.69) is 63.4 Å². The van der Waals surface area contributed by atoms with Crippen LogP contribution in [0, 0.1) is 13.8 Å². The summed E-state index contributed by atoms with van der Waals surface area (Å²) in [6, 6.07) is 8.30. The molecule has 0 saturated carbocycles. The summed E-state index contributed by atoms with van der Waals surface area (Å²) >= 11 is 0. The van der Waals surface area contributed by atoms with Gasteiger partial charge in [-0.2, -0.15) is 0 Å². The molecule has 0 aliphatic carbocycles. The van der Waals surface area contributed by atoms with Gasteiger partial charge in [0.1, 0.15) is 22.7 Å². The number of unbranched alkanes of at least 4 members (excludes halogenated alkanes) is 2. The fourth-order valence-corrected chi connectivity index (χ4v) is 3.49. The van der Waals surface area contributed by atoms with Gasteiger partial charge in [0, 0.05) is 10.8 Å². The summed E-state index contributed by atoms with van der Waals surface area (Å²) in [6.45, 7) is 12.8. The topological polar surface area (TPSA) is 31.6 Å². The van der Waals surface area contributed by atoms with Gasteiger partial charge >= 0.3 is 0 Å². The van der Waals surface area contributed by atoms with Gasteiger partial charge in [0.25, 0.3) is 0 Å². The molecule has 0 spiro atoms. The van der Waals surface area contributed by atoms with E-state index >= 15 is 0 Å². The van der Waals surface area contributed by atoms with Crippen molar-refractivity contribution in [2.24, 2.45) is 0 Å². The Morgan fingerprint density at radius 3 is 1.61 bits per heavy atom. The number of aryl methyl sites for hydroxylation is 2. The van der Waals surface area contributed by atoms with E-state index in [4.69, 9.17) is 13.9 Å². The van der Waals surface area contributed by atoms with Crippen LogP contribution in [0.15, 0.2) is 78.3 Å². The Balaban J connectivity index is 1.76. The average molecular weight is 417 g/mol. The largest absolute Gasteiger partial charge is 0.493 e. The monoisotopic (exact) mass is 416 g/mol. The molecule has 0 aliphatic rings. The second-order valence-electron chi connectivity index (χ2n) is 7.64. The summed E-state index contributed by atoms with van der Waals surface area (Å²) in [5.41, 5.74) is 3.91. The molecular weight excluding hydrogens is 384 g/mol. The summed E-state index contributed by atoms with van der Waals surface area (Å²) in [4.78, 5) is 0. The minimum absolute atomic E-state index is 0.678. The third-order valence-corrected chi connectivity index (χ3v) is 5.15. The number of hydrogen-bond donors (Lipinski definition) is 0. The molecule has 1 heterocycles. The highest BCUT2D eigenvalue weighted by molar-refractivity contribution is 6.06. The number of hydrogen-bond acceptors (Lipinski definition) is 3. The predicted molar refractivity (Wildman–Crippen MR) is 131 cm³/mol. The zero-order valence-electron chi connectivity index (χ0n) is 18.7. The lowest BCUT2D eigenvalue weighted by Gasteiger charge is -2.09. The summed E-state index contributed by atoms with van der Waals surface area (Å²) < 4.78 is 18.2. The molecule has 0 saturated heterocycles. The normalized spacial score (nSPS) is 11.7. The Kier molecular flexibility index (Phi) is 8.17. The highest BCUT2D eigenvalue weighted by Crippen LogP contribution is 2.37. The van der Waals surface area contributed by atoms with Gasteiger partial charge < -0.3 is 13.9 Å². The van der Waals surface area contributed by atoms with Crippen molar-refractivity contribution in [2.45, 2.75) is 39.5 Å². The average Bonchev–Trinajstić information content (AvgIpc) is 3.08. The highest BCUT2D eigenvalue weighted by atomic mass is 16.5. The Morgan fingerprint density at radius 1 is 0.742 bits per heavy atom. The third-order valence-electron chi connectivity index (χ3n) is 5.15. The maximum absolute atomic E-state index is 6.12. The van der Waals surface area contributed by atoms with Crippen LogP contribution in [0.5, 0.6) is 11.5 Å². The molecular formula is C28H32O3. The summed E-state index contributed by atoms with van der Waals surface area (Å²) in [5.74, 6) is 1.81. The fraction of sp³-hybridized carbons (Fsp3) is 0.286. The lowest BCUT2D eigenvalue weighted by molar-refractivity contribution is 0.310. The van der Waals surface area contributed by atoms with Gasteiger partial charge in [-0.3, -0.25) is 0 Å². The summed E-state index contributed by atoms with van der Waals surface area (Å²) in [5, 5.41) is 2.11.